The van der Waals surface area contributed by atoms with Crippen LogP contribution in [0.25, 0.3) is 0 Å². The summed E-state index contributed by atoms with van der Waals surface area (Å²) in [5, 5.41) is 7.61. The Balaban J connectivity index is 1.91. The molecular formula is C18H23F3N4O3S. The van der Waals surface area contributed by atoms with Gasteiger partial charge in [0.2, 0.25) is 5.75 Å². The molecule has 0 aliphatic rings. The molecule has 29 heavy (non-hydrogen) atoms. The number of nitrogens with zero attached hydrogens (tertiary/aromatic N) is 2. The summed E-state index contributed by atoms with van der Waals surface area (Å²) in [6, 6.07) is 3.63. The average Bonchev–Trinajstić information content (AvgIpc) is 3.19. The summed E-state index contributed by atoms with van der Waals surface area (Å²) in [5.41, 5.74) is 0.0135. The maximum absolute atomic E-state index is 12.6. The minimum Gasteiger partial charge on any atom is -0.493 e. The van der Waals surface area contributed by atoms with Crippen LogP contribution in [-0.2, 0) is 19.1 Å². The zero-order valence-electron chi connectivity index (χ0n) is 16.5. The molecule has 1 aromatic carbocycles. The number of hydrogen-bond donors (Lipinski definition) is 2. The van der Waals surface area contributed by atoms with Crippen LogP contribution in [0.15, 0.2) is 22.5 Å². The second-order valence-corrected chi connectivity index (χ2v) is 6.70. The van der Waals surface area contributed by atoms with E-state index in [-0.39, 0.29) is 0 Å². The van der Waals surface area contributed by atoms with Crippen LogP contribution in [0.3, 0.4) is 0 Å². The minimum absolute atomic E-state index is 0.353. The number of methoxy groups -OCH3 is 3. The van der Waals surface area contributed by atoms with Gasteiger partial charge in [-0.3, -0.25) is 4.99 Å². The van der Waals surface area contributed by atoms with Gasteiger partial charge in [0, 0.05) is 31.9 Å². The highest BCUT2D eigenvalue weighted by molar-refractivity contribution is 7.09. The lowest BCUT2D eigenvalue weighted by molar-refractivity contribution is -0.140. The van der Waals surface area contributed by atoms with Gasteiger partial charge in [-0.25, -0.2) is 4.98 Å². The van der Waals surface area contributed by atoms with Crippen molar-refractivity contribution in [1.82, 2.24) is 15.6 Å². The van der Waals surface area contributed by atoms with E-state index >= 15 is 0 Å². The van der Waals surface area contributed by atoms with E-state index < -0.39 is 11.9 Å². The smallest absolute Gasteiger partial charge is 0.434 e. The summed E-state index contributed by atoms with van der Waals surface area (Å²) in [5.74, 6) is 2.08. The Hall–Kier alpha value is -2.69. The van der Waals surface area contributed by atoms with Crippen molar-refractivity contribution in [2.24, 2.45) is 4.99 Å². The van der Waals surface area contributed by atoms with E-state index in [9.17, 15) is 13.2 Å². The molecule has 2 N–H and O–H groups in total. The Bertz CT molecular complexity index is 815. The molecule has 1 heterocycles. The molecule has 0 bridgehead atoms. The molecule has 160 valence electrons. The number of halogens is 3. The van der Waals surface area contributed by atoms with Gasteiger partial charge in [-0.1, -0.05) is 0 Å². The maximum atomic E-state index is 12.6. The molecule has 2 rings (SSSR count). The topological polar surface area (TPSA) is 77.0 Å². The van der Waals surface area contributed by atoms with Crippen molar-refractivity contribution >= 4 is 17.3 Å². The number of thiazole rings is 1. The molecular weight excluding hydrogens is 409 g/mol. The summed E-state index contributed by atoms with van der Waals surface area (Å²) >= 11 is 0.987. The van der Waals surface area contributed by atoms with E-state index in [2.05, 4.69) is 20.6 Å². The first-order chi connectivity index (χ1) is 13.8. The summed E-state index contributed by atoms with van der Waals surface area (Å²) in [7, 11) is 6.22. The van der Waals surface area contributed by atoms with Gasteiger partial charge in [0.15, 0.2) is 23.2 Å². The first-order valence-electron chi connectivity index (χ1n) is 8.57. The van der Waals surface area contributed by atoms with Gasteiger partial charge in [-0.05, 0) is 17.7 Å². The molecule has 0 radical (unpaired) electrons. The Labute approximate surface area is 170 Å². The summed E-state index contributed by atoms with van der Waals surface area (Å²) < 4.78 is 53.7. The van der Waals surface area contributed by atoms with Gasteiger partial charge in [0.25, 0.3) is 0 Å². The van der Waals surface area contributed by atoms with Gasteiger partial charge >= 0.3 is 6.18 Å². The highest BCUT2D eigenvalue weighted by Crippen LogP contribution is 2.38. The van der Waals surface area contributed by atoms with Crippen molar-refractivity contribution in [1.29, 1.82) is 0 Å². The van der Waals surface area contributed by atoms with E-state index in [4.69, 9.17) is 14.2 Å². The van der Waals surface area contributed by atoms with Gasteiger partial charge in [0.05, 0.1) is 26.3 Å². The fraction of sp³-hybridized carbons (Fsp3) is 0.444. The molecule has 0 saturated carbocycles. The summed E-state index contributed by atoms with van der Waals surface area (Å²) in [6.45, 7) is 0.811. The Kier molecular flexibility index (Phi) is 7.94. The standard InChI is InChI=1S/C18H23F3N4O3S/c1-22-17(23-6-5-15-25-14(10-29-15)18(19,20)21)24-9-11-7-12(26-2)16(28-4)13(8-11)27-3/h7-8,10H,5-6,9H2,1-4H3,(H2,22,23,24). The highest BCUT2D eigenvalue weighted by Gasteiger charge is 2.33. The third-order valence-corrected chi connectivity index (χ3v) is 4.79. The van der Waals surface area contributed by atoms with Gasteiger partial charge in [-0.2, -0.15) is 13.2 Å². The monoisotopic (exact) mass is 432 g/mol. The normalized spacial score (nSPS) is 11.9. The molecule has 0 atom stereocenters. The van der Waals surface area contributed by atoms with Crippen molar-refractivity contribution in [3.05, 3.63) is 33.8 Å². The average molecular weight is 432 g/mol. The molecule has 0 spiro atoms. The first kappa shape index (κ1) is 22.6. The third-order valence-electron chi connectivity index (χ3n) is 3.88. The van der Waals surface area contributed by atoms with E-state index in [1.807, 2.05) is 12.1 Å². The number of benzene rings is 1. The Morgan fingerprint density at radius 1 is 1.10 bits per heavy atom. The van der Waals surface area contributed by atoms with Gasteiger partial charge < -0.3 is 24.8 Å². The quantitative estimate of drug-likeness (QED) is 0.493. The number of nitrogens with one attached hydrogen (secondary N) is 2. The second-order valence-electron chi connectivity index (χ2n) is 5.76. The second kappa shape index (κ2) is 10.2. The third kappa shape index (κ3) is 6.14. The van der Waals surface area contributed by atoms with Crippen LogP contribution in [0.1, 0.15) is 16.3 Å². The Morgan fingerprint density at radius 2 is 1.76 bits per heavy atom. The number of aromatic nitrogens is 1. The zero-order chi connectivity index (χ0) is 21.4. The lowest BCUT2D eigenvalue weighted by Gasteiger charge is -2.15. The Morgan fingerprint density at radius 3 is 2.24 bits per heavy atom. The molecule has 2 aromatic rings. The van der Waals surface area contributed by atoms with Crippen molar-refractivity contribution in [2.45, 2.75) is 19.1 Å². The van der Waals surface area contributed by atoms with E-state index in [1.165, 1.54) is 21.3 Å². The van der Waals surface area contributed by atoms with E-state index in [1.54, 1.807) is 7.05 Å². The summed E-state index contributed by atoms with van der Waals surface area (Å²) in [4.78, 5) is 7.71. The molecule has 0 amide bonds. The molecule has 0 aliphatic carbocycles. The minimum atomic E-state index is -4.42. The van der Waals surface area contributed by atoms with Crippen LogP contribution in [0.4, 0.5) is 13.2 Å². The molecule has 1 aromatic heterocycles. The fourth-order valence-electron chi connectivity index (χ4n) is 2.49. The predicted octanol–water partition coefficient (Wildman–Crippen LogP) is 3.10. The van der Waals surface area contributed by atoms with Crippen molar-refractivity contribution < 1.29 is 27.4 Å². The van der Waals surface area contributed by atoms with Gasteiger partial charge in [-0.15, -0.1) is 11.3 Å². The van der Waals surface area contributed by atoms with Crippen LogP contribution in [0, 0.1) is 0 Å². The highest BCUT2D eigenvalue weighted by atomic mass is 32.1. The zero-order valence-corrected chi connectivity index (χ0v) is 17.3. The van der Waals surface area contributed by atoms with Crippen molar-refractivity contribution in [3.8, 4) is 17.2 Å². The molecule has 0 saturated heterocycles. The van der Waals surface area contributed by atoms with Gasteiger partial charge in [0.1, 0.15) is 0 Å². The number of alkyl halides is 3. The lowest BCUT2D eigenvalue weighted by Crippen LogP contribution is -2.37. The van der Waals surface area contributed by atoms with Crippen molar-refractivity contribution in [2.75, 3.05) is 34.9 Å². The van der Waals surface area contributed by atoms with Crippen molar-refractivity contribution in [3.63, 3.8) is 0 Å². The number of guanidine groups is 1. The van der Waals surface area contributed by atoms with Crippen LogP contribution in [0.2, 0.25) is 0 Å². The van der Waals surface area contributed by atoms with Crippen LogP contribution in [0.5, 0.6) is 17.2 Å². The number of rotatable bonds is 8. The molecule has 11 heteroatoms. The fourth-order valence-corrected chi connectivity index (χ4v) is 3.29. The maximum Gasteiger partial charge on any atom is 0.434 e. The number of ether oxygens (including phenoxy) is 3. The molecule has 0 fully saturated rings. The first-order valence-corrected chi connectivity index (χ1v) is 9.45. The lowest BCUT2D eigenvalue weighted by atomic mass is 10.2. The predicted molar refractivity (Wildman–Crippen MR) is 105 cm³/mol. The largest absolute Gasteiger partial charge is 0.493 e. The van der Waals surface area contributed by atoms with E-state index in [0.29, 0.717) is 47.7 Å². The van der Waals surface area contributed by atoms with E-state index in [0.717, 1.165) is 22.3 Å². The van der Waals surface area contributed by atoms with Crippen LogP contribution >= 0.6 is 11.3 Å². The molecule has 7 nitrogen and oxygen atoms in total. The van der Waals surface area contributed by atoms with Crippen LogP contribution in [-0.4, -0.2) is 45.9 Å². The molecule has 0 unspecified atom stereocenters. The molecule has 0 aliphatic heterocycles. The number of hydrogen-bond acceptors (Lipinski definition) is 6. The SMILES string of the molecule is CN=C(NCCc1nc(C(F)(F)F)cs1)NCc1cc(OC)c(OC)c(OC)c1. The summed E-state index contributed by atoms with van der Waals surface area (Å²) in [6.07, 6.45) is -4.06. The number of aliphatic imine (C=N–C) groups is 1. The van der Waals surface area contributed by atoms with Crippen LogP contribution < -0.4 is 24.8 Å².